The van der Waals surface area contributed by atoms with Gasteiger partial charge in [-0.05, 0) is 25.5 Å². The first-order valence-corrected chi connectivity index (χ1v) is 6.31. The van der Waals surface area contributed by atoms with E-state index in [1.807, 2.05) is 6.92 Å². The van der Waals surface area contributed by atoms with Crippen molar-refractivity contribution in [1.29, 1.82) is 0 Å². The summed E-state index contributed by atoms with van der Waals surface area (Å²) < 4.78 is 25.8. The molecule has 3 N–H and O–H groups in total. The normalized spacial score (nSPS) is 13.7. The van der Waals surface area contributed by atoms with E-state index in [9.17, 15) is 8.42 Å². The van der Waals surface area contributed by atoms with E-state index >= 15 is 0 Å². The van der Waals surface area contributed by atoms with Crippen LogP contribution in [0.2, 0.25) is 0 Å². The minimum absolute atomic E-state index is 0.00322. The molecule has 15 heavy (non-hydrogen) atoms. The van der Waals surface area contributed by atoms with Gasteiger partial charge in [-0.25, -0.2) is 13.1 Å². The first kappa shape index (κ1) is 12.2. The fraction of sp³-hybridized carbons (Fsp3) is 0.400. The second-order valence-corrected chi connectivity index (χ2v) is 5.24. The Bertz CT molecular complexity index is 387. The topological polar surface area (TPSA) is 72.2 Å². The van der Waals surface area contributed by atoms with Gasteiger partial charge < -0.3 is 5.73 Å². The molecule has 0 amide bonds. The number of benzene rings is 1. The lowest BCUT2D eigenvalue weighted by Gasteiger charge is -2.07. The lowest BCUT2D eigenvalue weighted by molar-refractivity contribution is 0.572. The molecule has 1 aromatic rings. The molecular formula is C10H16N2O2S. The van der Waals surface area contributed by atoms with Crippen LogP contribution in [-0.4, -0.2) is 21.0 Å². The van der Waals surface area contributed by atoms with Crippen molar-refractivity contribution in [3.63, 3.8) is 0 Å². The maximum absolute atomic E-state index is 11.7. The molecule has 0 aliphatic rings. The average molecular weight is 228 g/mol. The zero-order valence-electron chi connectivity index (χ0n) is 8.68. The minimum Gasteiger partial charge on any atom is -0.328 e. The third-order valence-electron chi connectivity index (χ3n) is 1.95. The highest BCUT2D eigenvalue weighted by molar-refractivity contribution is 7.89. The first-order chi connectivity index (χ1) is 7.02. The van der Waals surface area contributed by atoms with E-state index in [0.29, 0.717) is 13.0 Å². The monoisotopic (exact) mass is 228 g/mol. The maximum Gasteiger partial charge on any atom is 0.240 e. The Morgan fingerprint density at radius 1 is 1.33 bits per heavy atom. The van der Waals surface area contributed by atoms with Crippen LogP contribution in [0.3, 0.4) is 0 Å². The van der Waals surface area contributed by atoms with Crippen LogP contribution in [0.5, 0.6) is 0 Å². The van der Waals surface area contributed by atoms with Gasteiger partial charge in [0, 0.05) is 12.6 Å². The summed E-state index contributed by atoms with van der Waals surface area (Å²) in [7, 11) is -3.36. The largest absolute Gasteiger partial charge is 0.328 e. The van der Waals surface area contributed by atoms with Crippen molar-refractivity contribution in [3.8, 4) is 0 Å². The average Bonchev–Trinajstić information content (AvgIpc) is 2.18. The number of hydrogen-bond acceptors (Lipinski definition) is 3. The minimum atomic E-state index is -3.36. The van der Waals surface area contributed by atoms with Gasteiger partial charge >= 0.3 is 0 Å². The zero-order chi connectivity index (χ0) is 11.3. The molecule has 0 aliphatic carbocycles. The SMILES string of the molecule is C[C@H](N)CCNS(=O)(=O)c1ccccc1. The smallest absolute Gasteiger partial charge is 0.240 e. The molecular weight excluding hydrogens is 212 g/mol. The molecule has 0 saturated carbocycles. The van der Waals surface area contributed by atoms with Crippen LogP contribution >= 0.6 is 0 Å². The molecule has 84 valence electrons. The Labute approximate surface area is 90.5 Å². The van der Waals surface area contributed by atoms with E-state index < -0.39 is 10.0 Å². The fourth-order valence-corrected chi connectivity index (χ4v) is 2.17. The van der Waals surface area contributed by atoms with Crippen molar-refractivity contribution in [2.45, 2.75) is 24.3 Å². The second kappa shape index (κ2) is 5.25. The van der Waals surface area contributed by atoms with Crippen LogP contribution in [0.1, 0.15) is 13.3 Å². The van der Waals surface area contributed by atoms with Crippen LogP contribution < -0.4 is 10.5 Å². The highest BCUT2D eigenvalue weighted by Crippen LogP contribution is 2.06. The van der Waals surface area contributed by atoms with Gasteiger partial charge in [0.05, 0.1) is 4.90 Å². The molecule has 0 aromatic heterocycles. The molecule has 0 aliphatic heterocycles. The Morgan fingerprint density at radius 3 is 2.47 bits per heavy atom. The molecule has 4 nitrogen and oxygen atoms in total. The Morgan fingerprint density at radius 2 is 1.93 bits per heavy atom. The molecule has 0 fully saturated rings. The number of hydrogen-bond donors (Lipinski definition) is 2. The van der Waals surface area contributed by atoms with Gasteiger partial charge in [0.1, 0.15) is 0 Å². The first-order valence-electron chi connectivity index (χ1n) is 4.82. The summed E-state index contributed by atoms with van der Waals surface area (Å²) in [5.74, 6) is 0. The molecule has 0 spiro atoms. The van der Waals surface area contributed by atoms with E-state index in [2.05, 4.69) is 4.72 Å². The van der Waals surface area contributed by atoms with Gasteiger partial charge in [-0.1, -0.05) is 18.2 Å². The molecule has 1 aromatic carbocycles. The lowest BCUT2D eigenvalue weighted by Crippen LogP contribution is -2.29. The van der Waals surface area contributed by atoms with Crippen molar-refractivity contribution in [2.75, 3.05) is 6.54 Å². The summed E-state index contributed by atoms with van der Waals surface area (Å²) in [5, 5.41) is 0. The van der Waals surface area contributed by atoms with Crippen LogP contribution in [0.25, 0.3) is 0 Å². The number of sulfonamides is 1. The summed E-state index contributed by atoms with van der Waals surface area (Å²) in [6.45, 7) is 2.21. The molecule has 1 atom stereocenters. The molecule has 0 unspecified atom stereocenters. The van der Waals surface area contributed by atoms with Crippen molar-refractivity contribution in [1.82, 2.24) is 4.72 Å². The molecule has 0 bridgehead atoms. The summed E-state index contributed by atoms with van der Waals surface area (Å²) in [4.78, 5) is 0.287. The summed E-state index contributed by atoms with van der Waals surface area (Å²) >= 11 is 0. The van der Waals surface area contributed by atoms with Crippen LogP contribution in [0.15, 0.2) is 35.2 Å². The van der Waals surface area contributed by atoms with Crippen molar-refractivity contribution >= 4 is 10.0 Å². The third-order valence-corrected chi connectivity index (χ3v) is 3.42. The van der Waals surface area contributed by atoms with E-state index in [1.165, 1.54) is 0 Å². The number of nitrogens with one attached hydrogen (secondary N) is 1. The maximum atomic E-state index is 11.7. The molecule has 5 heteroatoms. The summed E-state index contributed by atoms with van der Waals surface area (Å²) in [6.07, 6.45) is 0.631. The van der Waals surface area contributed by atoms with E-state index in [1.54, 1.807) is 30.3 Å². The van der Waals surface area contributed by atoms with Gasteiger partial charge in [-0.3, -0.25) is 0 Å². The van der Waals surface area contributed by atoms with E-state index in [-0.39, 0.29) is 10.9 Å². The fourth-order valence-electron chi connectivity index (χ4n) is 1.10. The van der Waals surface area contributed by atoms with Crippen LogP contribution in [0, 0.1) is 0 Å². The van der Waals surface area contributed by atoms with Crippen molar-refractivity contribution in [2.24, 2.45) is 5.73 Å². The molecule has 1 rings (SSSR count). The van der Waals surface area contributed by atoms with Gasteiger partial charge in [0.15, 0.2) is 0 Å². The quantitative estimate of drug-likeness (QED) is 0.779. The van der Waals surface area contributed by atoms with Crippen molar-refractivity contribution in [3.05, 3.63) is 30.3 Å². The highest BCUT2D eigenvalue weighted by Gasteiger charge is 2.12. The molecule has 0 saturated heterocycles. The van der Waals surface area contributed by atoms with Gasteiger partial charge in [0.2, 0.25) is 10.0 Å². The highest BCUT2D eigenvalue weighted by atomic mass is 32.2. The van der Waals surface area contributed by atoms with Crippen molar-refractivity contribution < 1.29 is 8.42 Å². The Balaban J connectivity index is 2.61. The van der Waals surface area contributed by atoms with Gasteiger partial charge in [0.25, 0.3) is 0 Å². The predicted octanol–water partition coefficient (Wildman–Crippen LogP) is 0.702. The standard InChI is InChI=1S/C10H16N2O2S/c1-9(11)7-8-12-15(13,14)10-5-3-2-4-6-10/h2-6,9,12H,7-8,11H2,1H3/t9-/m0/s1. The lowest BCUT2D eigenvalue weighted by atomic mass is 10.3. The Kier molecular flexibility index (Phi) is 4.26. The van der Waals surface area contributed by atoms with Crippen LogP contribution in [-0.2, 0) is 10.0 Å². The molecule has 0 radical (unpaired) electrons. The predicted molar refractivity (Wildman–Crippen MR) is 59.9 cm³/mol. The van der Waals surface area contributed by atoms with E-state index in [0.717, 1.165) is 0 Å². The van der Waals surface area contributed by atoms with Crippen LogP contribution in [0.4, 0.5) is 0 Å². The summed E-state index contributed by atoms with van der Waals surface area (Å²) in [6, 6.07) is 8.30. The van der Waals surface area contributed by atoms with Gasteiger partial charge in [-0.15, -0.1) is 0 Å². The third kappa shape index (κ3) is 3.99. The number of rotatable bonds is 5. The molecule has 0 heterocycles. The van der Waals surface area contributed by atoms with E-state index in [4.69, 9.17) is 5.73 Å². The second-order valence-electron chi connectivity index (χ2n) is 3.48. The number of nitrogens with two attached hydrogens (primary N) is 1. The summed E-state index contributed by atoms with van der Waals surface area (Å²) in [5.41, 5.74) is 5.53. The van der Waals surface area contributed by atoms with Gasteiger partial charge in [-0.2, -0.15) is 0 Å². The zero-order valence-corrected chi connectivity index (χ0v) is 9.50. The Hall–Kier alpha value is -0.910.